The lowest BCUT2D eigenvalue weighted by Gasteiger charge is -2.31. The predicted molar refractivity (Wildman–Crippen MR) is 75.9 cm³/mol. The average molecular weight is 304 g/mol. The Bertz CT molecular complexity index is 465. The summed E-state index contributed by atoms with van der Waals surface area (Å²) in [6.07, 6.45) is 1.61. The summed E-state index contributed by atoms with van der Waals surface area (Å²) in [6, 6.07) is 3.10. The van der Waals surface area contributed by atoms with Gasteiger partial charge >= 0.3 is 6.03 Å². The number of likely N-dealkylation sites (tertiary alicyclic amines) is 1. The first kappa shape index (κ1) is 14.1. The molecule has 0 unspecified atom stereocenters. The van der Waals surface area contributed by atoms with E-state index in [0.717, 1.165) is 18.5 Å². The van der Waals surface area contributed by atoms with Crippen molar-refractivity contribution in [2.45, 2.75) is 18.9 Å². The van der Waals surface area contributed by atoms with Crippen molar-refractivity contribution in [2.24, 2.45) is 5.73 Å². The molecule has 1 aromatic rings. The lowest BCUT2D eigenvalue weighted by atomic mass is 10.0. The maximum atomic E-state index is 11.0. The molecule has 19 heavy (non-hydrogen) atoms. The van der Waals surface area contributed by atoms with Crippen molar-refractivity contribution < 1.29 is 9.90 Å². The second-order valence-electron chi connectivity index (χ2n) is 4.53. The fourth-order valence-corrected chi connectivity index (χ4v) is 2.62. The molecule has 1 saturated heterocycles. The van der Waals surface area contributed by atoms with Gasteiger partial charge in [0.1, 0.15) is 0 Å². The number of piperidine rings is 1. The number of phenolic OH excluding ortho intramolecular Hbond substituents is 1. The third kappa shape index (κ3) is 3.36. The van der Waals surface area contributed by atoms with Gasteiger partial charge in [-0.15, -0.1) is 0 Å². The second kappa shape index (κ2) is 5.75. The number of aromatic hydroxyl groups is 1. The van der Waals surface area contributed by atoms with Gasteiger partial charge in [-0.1, -0.05) is 23.2 Å². The first-order valence-electron chi connectivity index (χ1n) is 5.96. The van der Waals surface area contributed by atoms with E-state index in [0.29, 0.717) is 13.1 Å². The molecule has 104 valence electrons. The van der Waals surface area contributed by atoms with Crippen molar-refractivity contribution in [3.8, 4) is 5.75 Å². The van der Waals surface area contributed by atoms with Gasteiger partial charge in [-0.05, 0) is 25.0 Å². The number of rotatable bonds is 2. The summed E-state index contributed by atoms with van der Waals surface area (Å²) in [5, 5.41) is 13.2. The maximum absolute atomic E-state index is 11.0. The highest BCUT2D eigenvalue weighted by atomic mass is 35.5. The Hall–Kier alpha value is -1.33. The normalized spacial score (nSPS) is 16.4. The number of urea groups is 1. The van der Waals surface area contributed by atoms with Crippen molar-refractivity contribution in [3.05, 3.63) is 22.2 Å². The molecule has 1 aliphatic heterocycles. The second-order valence-corrected chi connectivity index (χ2v) is 5.35. The lowest BCUT2D eigenvalue weighted by molar-refractivity contribution is 0.193. The van der Waals surface area contributed by atoms with Crippen molar-refractivity contribution >= 4 is 34.9 Å². The Balaban J connectivity index is 1.98. The zero-order chi connectivity index (χ0) is 14.0. The van der Waals surface area contributed by atoms with Gasteiger partial charge in [0.25, 0.3) is 0 Å². The molecule has 0 bridgehead atoms. The Labute approximate surface area is 121 Å². The van der Waals surface area contributed by atoms with Crippen LogP contribution in [0.1, 0.15) is 12.8 Å². The van der Waals surface area contributed by atoms with Crippen LogP contribution < -0.4 is 11.1 Å². The minimum atomic E-state index is -0.380. The largest absolute Gasteiger partial charge is 0.505 e. The highest BCUT2D eigenvalue weighted by Crippen LogP contribution is 2.35. The van der Waals surface area contributed by atoms with E-state index in [9.17, 15) is 9.90 Å². The maximum Gasteiger partial charge on any atom is 0.314 e. The quantitative estimate of drug-likeness (QED) is 0.735. The molecule has 1 aliphatic rings. The summed E-state index contributed by atoms with van der Waals surface area (Å²) in [5.74, 6) is -0.113. The van der Waals surface area contributed by atoms with E-state index in [-0.39, 0.29) is 27.9 Å². The van der Waals surface area contributed by atoms with Crippen molar-refractivity contribution in [1.29, 1.82) is 0 Å². The van der Waals surface area contributed by atoms with Gasteiger partial charge in [-0.3, -0.25) is 0 Å². The molecule has 1 fully saturated rings. The van der Waals surface area contributed by atoms with Crippen LogP contribution in [0.3, 0.4) is 0 Å². The number of nitrogens with zero attached hydrogens (tertiary/aromatic N) is 1. The Kier molecular flexibility index (Phi) is 4.27. The first-order valence-corrected chi connectivity index (χ1v) is 6.72. The van der Waals surface area contributed by atoms with Crippen LogP contribution in [0.4, 0.5) is 10.5 Å². The minimum absolute atomic E-state index is 0.113. The number of amides is 2. The molecule has 2 amide bonds. The number of primary amides is 1. The molecule has 0 radical (unpaired) electrons. The molecule has 4 N–H and O–H groups in total. The lowest BCUT2D eigenvalue weighted by Crippen LogP contribution is -2.44. The minimum Gasteiger partial charge on any atom is -0.505 e. The molecule has 1 heterocycles. The number of carbonyl (C=O) groups is 1. The Morgan fingerprint density at radius 3 is 2.32 bits per heavy atom. The van der Waals surface area contributed by atoms with E-state index in [2.05, 4.69) is 5.32 Å². The molecular weight excluding hydrogens is 289 g/mol. The molecule has 1 aromatic carbocycles. The van der Waals surface area contributed by atoms with Crippen LogP contribution in [0.25, 0.3) is 0 Å². The van der Waals surface area contributed by atoms with E-state index in [1.807, 2.05) is 0 Å². The smallest absolute Gasteiger partial charge is 0.314 e. The monoisotopic (exact) mass is 303 g/mol. The van der Waals surface area contributed by atoms with Gasteiger partial charge in [0, 0.05) is 24.8 Å². The fourth-order valence-electron chi connectivity index (χ4n) is 2.13. The summed E-state index contributed by atoms with van der Waals surface area (Å²) in [4.78, 5) is 12.6. The van der Waals surface area contributed by atoms with E-state index in [4.69, 9.17) is 28.9 Å². The number of halogens is 2. The van der Waals surface area contributed by atoms with Crippen molar-refractivity contribution in [2.75, 3.05) is 18.4 Å². The molecule has 5 nitrogen and oxygen atoms in total. The summed E-state index contributed by atoms with van der Waals surface area (Å²) in [5.41, 5.74) is 5.98. The van der Waals surface area contributed by atoms with Gasteiger partial charge in [0.05, 0.1) is 10.0 Å². The molecule has 0 aliphatic carbocycles. The van der Waals surface area contributed by atoms with Crippen LogP contribution in [0.15, 0.2) is 12.1 Å². The summed E-state index contributed by atoms with van der Waals surface area (Å²) in [7, 11) is 0. The third-order valence-electron chi connectivity index (χ3n) is 3.19. The van der Waals surface area contributed by atoms with Crippen molar-refractivity contribution in [3.63, 3.8) is 0 Å². The number of nitrogens with one attached hydrogen (secondary N) is 1. The zero-order valence-corrected chi connectivity index (χ0v) is 11.7. The number of benzene rings is 1. The number of hydrogen-bond donors (Lipinski definition) is 3. The fraction of sp³-hybridized carbons (Fsp3) is 0.417. The molecule has 2 rings (SSSR count). The number of nitrogens with two attached hydrogens (primary N) is 1. The van der Waals surface area contributed by atoms with Crippen LogP contribution in [-0.4, -0.2) is 35.2 Å². The predicted octanol–water partition coefficient (Wildman–Crippen LogP) is 2.65. The summed E-state index contributed by atoms with van der Waals surface area (Å²) in [6.45, 7) is 1.26. The van der Waals surface area contributed by atoms with Gasteiger partial charge < -0.3 is 21.1 Å². The summed E-state index contributed by atoms with van der Waals surface area (Å²) >= 11 is 11.7. The number of anilines is 1. The standard InChI is InChI=1S/C12H15Cl2N3O2/c13-9-5-8(6-10(14)11(9)18)16-7-1-3-17(4-2-7)12(15)19/h5-7,16,18H,1-4H2,(H2,15,19). The molecule has 0 saturated carbocycles. The average Bonchev–Trinajstić information content (AvgIpc) is 2.36. The van der Waals surface area contributed by atoms with Crippen LogP contribution >= 0.6 is 23.2 Å². The van der Waals surface area contributed by atoms with E-state index in [1.54, 1.807) is 17.0 Å². The SMILES string of the molecule is NC(=O)N1CCC(Nc2cc(Cl)c(O)c(Cl)c2)CC1. The zero-order valence-electron chi connectivity index (χ0n) is 10.2. The van der Waals surface area contributed by atoms with Gasteiger partial charge in [0.2, 0.25) is 0 Å². The van der Waals surface area contributed by atoms with Crippen LogP contribution in [0, 0.1) is 0 Å². The van der Waals surface area contributed by atoms with Crippen LogP contribution in [0.2, 0.25) is 10.0 Å². The highest BCUT2D eigenvalue weighted by molar-refractivity contribution is 6.37. The third-order valence-corrected chi connectivity index (χ3v) is 3.77. The Morgan fingerprint density at radius 1 is 1.32 bits per heavy atom. The number of hydrogen-bond acceptors (Lipinski definition) is 3. The van der Waals surface area contributed by atoms with Gasteiger partial charge in [0.15, 0.2) is 5.75 Å². The van der Waals surface area contributed by atoms with Crippen LogP contribution in [0.5, 0.6) is 5.75 Å². The van der Waals surface area contributed by atoms with Gasteiger partial charge in [-0.2, -0.15) is 0 Å². The van der Waals surface area contributed by atoms with Crippen molar-refractivity contribution in [1.82, 2.24) is 4.90 Å². The Morgan fingerprint density at radius 2 is 1.84 bits per heavy atom. The van der Waals surface area contributed by atoms with E-state index < -0.39 is 0 Å². The van der Waals surface area contributed by atoms with Crippen LogP contribution in [-0.2, 0) is 0 Å². The number of carbonyl (C=O) groups excluding carboxylic acids is 1. The summed E-state index contributed by atoms with van der Waals surface area (Å²) < 4.78 is 0. The molecule has 0 spiro atoms. The van der Waals surface area contributed by atoms with Gasteiger partial charge in [-0.25, -0.2) is 4.79 Å². The molecule has 7 heteroatoms. The molecular formula is C12H15Cl2N3O2. The topological polar surface area (TPSA) is 78.6 Å². The first-order chi connectivity index (χ1) is 8.97. The number of phenols is 1. The molecule has 0 atom stereocenters. The molecule has 0 aromatic heterocycles. The highest BCUT2D eigenvalue weighted by Gasteiger charge is 2.21. The van der Waals surface area contributed by atoms with E-state index >= 15 is 0 Å². The van der Waals surface area contributed by atoms with E-state index in [1.165, 1.54) is 0 Å².